The molecule has 0 unspecified atom stereocenters. The van der Waals surface area contributed by atoms with Crippen LogP contribution >= 0.6 is 11.5 Å². The highest BCUT2D eigenvalue weighted by Crippen LogP contribution is 2.07. The van der Waals surface area contributed by atoms with Crippen molar-refractivity contribution in [3.63, 3.8) is 0 Å². The van der Waals surface area contributed by atoms with Gasteiger partial charge in [0.15, 0.2) is 0 Å². The molecule has 60 valence electrons. The van der Waals surface area contributed by atoms with Crippen molar-refractivity contribution < 1.29 is 0 Å². The highest BCUT2D eigenvalue weighted by atomic mass is 32.1. The Morgan fingerprint density at radius 3 is 2.42 bits per heavy atom. The zero-order chi connectivity index (χ0) is 8.39. The summed E-state index contributed by atoms with van der Waals surface area (Å²) in [5, 5.41) is 0. The zero-order valence-corrected chi connectivity index (χ0v) is 7.12. The Morgan fingerprint density at radius 1 is 1.08 bits per heavy atom. The Labute approximate surface area is 73.9 Å². The molecular formula is C9H7NOS. The summed E-state index contributed by atoms with van der Waals surface area (Å²) in [6, 6.07) is 11.4. The van der Waals surface area contributed by atoms with Crippen molar-refractivity contribution >= 4 is 11.5 Å². The van der Waals surface area contributed by atoms with Crippen molar-refractivity contribution in [1.29, 1.82) is 0 Å². The molecule has 1 heterocycles. The summed E-state index contributed by atoms with van der Waals surface area (Å²) in [7, 11) is 0. The van der Waals surface area contributed by atoms with E-state index in [2.05, 4.69) is 0 Å². The van der Waals surface area contributed by atoms with E-state index < -0.39 is 0 Å². The van der Waals surface area contributed by atoms with Crippen LogP contribution in [0.5, 0.6) is 0 Å². The molecule has 12 heavy (non-hydrogen) atoms. The van der Waals surface area contributed by atoms with Crippen molar-refractivity contribution in [3.8, 4) is 5.69 Å². The minimum absolute atomic E-state index is 0.0823. The molecule has 1 aromatic carbocycles. The van der Waals surface area contributed by atoms with E-state index in [1.807, 2.05) is 34.3 Å². The number of aromatic nitrogens is 1. The molecule has 0 aliphatic rings. The van der Waals surface area contributed by atoms with Crippen molar-refractivity contribution in [2.24, 2.45) is 0 Å². The topological polar surface area (TPSA) is 22.0 Å². The molecule has 2 nitrogen and oxygen atoms in total. The number of hydrogen-bond donors (Lipinski definition) is 0. The predicted molar refractivity (Wildman–Crippen MR) is 49.9 cm³/mol. The van der Waals surface area contributed by atoms with Gasteiger partial charge in [0.2, 0.25) is 4.74 Å². The molecule has 0 radical (unpaired) electrons. The maximum Gasteiger partial charge on any atom is 0.249 e. The number of rotatable bonds is 1. The number of nitrogens with zero attached hydrogens (tertiary/aromatic N) is 1. The molecule has 2 aromatic rings. The third kappa shape index (κ3) is 1.31. The van der Waals surface area contributed by atoms with E-state index in [4.69, 9.17) is 0 Å². The summed E-state index contributed by atoms with van der Waals surface area (Å²) in [6.07, 6.45) is 1.78. The monoisotopic (exact) mass is 177 g/mol. The van der Waals surface area contributed by atoms with Gasteiger partial charge in [-0.3, -0.25) is 8.75 Å². The van der Waals surface area contributed by atoms with Crippen LogP contribution in [0.15, 0.2) is 47.4 Å². The molecule has 0 atom stereocenters. The lowest BCUT2D eigenvalue weighted by atomic mass is 10.3. The maximum absolute atomic E-state index is 10.9. The van der Waals surface area contributed by atoms with Gasteiger partial charge in [0, 0.05) is 12.3 Å². The first-order valence-corrected chi connectivity index (χ1v) is 4.38. The van der Waals surface area contributed by atoms with Gasteiger partial charge >= 0.3 is 0 Å². The second kappa shape index (κ2) is 2.95. The van der Waals surface area contributed by atoms with E-state index in [9.17, 15) is 4.79 Å². The van der Waals surface area contributed by atoms with Crippen LogP contribution in [0.3, 0.4) is 0 Å². The first-order valence-electron chi connectivity index (χ1n) is 3.61. The van der Waals surface area contributed by atoms with Crippen molar-refractivity contribution in [2.75, 3.05) is 0 Å². The third-order valence-electron chi connectivity index (χ3n) is 1.55. The molecule has 3 heteroatoms. The SMILES string of the molecule is O=c1ccn(-c2ccccc2)s1. The van der Waals surface area contributed by atoms with E-state index in [1.54, 1.807) is 12.3 Å². The average Bonchev–Trinajstić information content (AvgIpc) is 2.54. The molecule has 0 aliphatic heterocycles. The van der Waals surface area contributed by atoms with Crippen molar-refractivity contribution in [2.45, 2.75) is 0 Å². The fraction of sp³-hybridized carbons (Fsp3) is 0. The van der Waals surface area contributed by atoms with E-state index in [-0.39, 0.29) is 4.74 Å². The molecule has 2 rings (SSSR count). The van der Waals surface area contributed by atoms with Gasteiger partial charge in [-0.2, -0.15) is 0 Å². The molecular weight excluding hydrogens is 170 g/mol. The molecule has 0 bridgehead atoms. The lowest BCUT2D eigenvalue weighted by molar-refractivity contribution is 1.20. The Bertz CT molecular complexity index is 415. The largest absolute Gasteiger partial charge is 0.276 e. The third-order valence-corrected chi connectivity index (χ3v) is 2.39. The average molecular weight is 177 g/mol. The summed E-state index contributed by atoms with van der Waals surface area (Å²) in [5.41, 5.74) is 1.03. The summed E-state index contributed by atoms with van der Waals surface area (Å²) in [5.74, 6) is 0. The summed E-state index contributed by atoms with van der Waals surface area (Å²) in [6.45, 7) is 0. The molecule has 0 N–H and O–H groups in total. The van der Waals surface area contributed by atoms with E-state index in [0.717, 1.165) is 5.69 Å². The molecule has 1 aromatic heterocycles. The Morgan fingerprint density at radius 2 is 1.83 bits per heavy atom. The maximum atomic E-state index is 10.9. The van der Waals surface area contributed by atoms with Crippen molar-refractivity contribution in [3.05, 3.63) is 52.1 Å². The van der Waals surface area contributed by atoms with E-state index in [0.29, 0.717) is 0 Å². The number of benzene rings is 1. The first kappa shape index (κ1) is 7.31. The van der Waals surface area contributed by atoms with E-state index in [1.165, 1.54) is 11.5 Å². The summed E-state index contributed by atoms with van der Waals surface area (Å²) >= 11 is 1.20. The minimum Gasteiger partial charge on any atom is -0.276 e. The standard InChI is InChI=1S/C9H7NOS/c11-9-6-7-10(12-9)8-4-2-1-3-5-8/h1-7H. The molecule has 0 saturated heterocycles. The van der Waals surface area contributed by atoms with Gasteiger partial charge in [-0.15, -0.1) is 0 Å². The second-order valence-electron chi connectivity index (χ2n) is 2.39. The first-order chi connectivity index (χ1) is 5.86. The lowest BCUT2D eigenvalue weighted by Gasteiger charge is -1.97. The smallest absolute Gasteiger partial charge is 0.249 e. The molecule has 0 aliphatic carbocycles. The zero-order valence-electron chi connectivity index (χ0n) is 6.31. The van der Waals surface area contributed by atoms with Crippen LogP contribution in [0, 0.1) is 0 Å². The molecule has 0 spiro atoms. The normalized spacial score (nSPS) is 10.0. The van der Waals surface area contributed by atoms with Gasteiger partial charge in [0.25, 0.3) is 0 Å². The fourth-order valence-corrected chi connectivity index (χ4v) is 1.66. The summed E-state index contributed by atoms with van der Waals surface area (Å²) < 4.78 is 1.93. The highest BCUT2D eigenvalue weighted by molar-refractivity contribution is 7.04. The van der Waals surface area contributed by atoms with Crippen LogP contribution < -0.4 is 4.74 Å². The van der Waals surface area contributed by atoms with Crippen LogP contribution in [0.4, 0.5) is 0 Å². The van der Waals surface area contributed by atoms with Gasteiger partial charge in [-0.05, 0) is 23.7 Å². The van der Waals surface area contributed by atoms with Crippen LogP contribution in [-0.2, 0) is 0 Å². The second-order valence-corrected chi connectivity index (χ2v) is 3.37. The van der Waals surface area contributed by atoms with Crippen LogP contribution in [-0.4, -0.2) is 3.96 Å². The fourth-order valence-electron chi connectivity index (χ4n) is 1.00. The van der Waals surface area contributed by atoms with Gasteiger partial charge in [0.1, 0.15) is 0 Å². The molecule has 0 fully saturated rings. The summed E-state index contributed by atoms with van der Waals surface area (Å²) in [4.78, 5) is 10.9. The molecule has 0 amide bonds. The van der Waals surface area contributed by atoms with Crippen LogP contribution in [0.25, 0.3) is 5.69 Å². The molecule has 0 saturated carbocycles. The number of para-hydroxylation sites is 1. The number of hydrogen-bond acceptors (Lipinski definition) is 2. The van der Waals surface area contributed by atoms with Gasteiger partial charge in [0.05, 0.1) is 5.69 Å². The van der Waals surface area contributed by atoms with Gasteiger partial charge < -0.3 is 0 Å². The lowest BCUT2D eigenvalue weighted by Crippen LogP contribution is -1.86. The Kier molecular flexibility index (Phi) is 1.80. The van der Waals surface area contributed by atoms with Crippen LogP contribution in [0.2, 0.25) is 0 Å². The van der Waals surface area contributed by atoms with Crippen LogP contribution in [0.1, 0.15) is 0 Å². The van der Waals surface area contributed by atoms with Crippen molar-refractivity contribution in [1.82, 2.24) is 3.96 Å². The Hall–Kier alpha value is -1.35. The van der Waals surface area contributed by atoms with Gasteiger partial charge in [-0.25, -0.2) is 0 Å². The highest BCUT2D eigenvalue weighted by Gasteiger charge is 1.94. The van der Waals surface area contributed by atoms with Gasteiger partial charge in [-0.1, -0.05) is 18.2 Å². The quantitative estimate of drug-likeness (QED) is 0.652. The van der Waals surface area contributed by atoms with E-state index >= 15 is 0 Å². The predicted octanol–water partition coefficient (Wildman–Crippen LogP) is 1.90. The Balaban J connectivity index is 2.51. The minimum atomic E-state index is 0.0823.